The number of benzene rings is 1. The van der Waals surface area contributed by atoms with Crippen LogP contribution in [0.1, 0.15) is 19.8 Å². The molecule has 120 valence electrons. The van der Waals surface area contributed by atoms with Crippen molar-refractivity contribution in [2.24, 2.45) is 11.7 Å². The van der Waals surface area contributed by atoms with E-state index in [1.165, 1.54) is 12.1 Å². The minimum Gasteiger partial charge on any atom is -0.329 e. The van der Waals surface area contributed by atoms with Gasteiger partial charge in [-0.3, -0.25) is 0 Å². The number of sulfonamides is 1. The van der Waals surface area contributed by atoms with E-state index in [1.54, 1.807) is 6.92 Å². The van der Waals surface area contributed by atoms with Crippen LogP contribution in [0.2, 0.25) is 15.1 Å². The summed E-state index contributed by atoms with van der Waals surface area (Å²) in [4.78, 5) is -0.162. The molecule has 1 aromatic carbocycles. The van der Waals surface area contributed by atoms with Crippen LogP contribution in [0.25, 0.3) is 0 Å². The van der Waals surface area contributed by atoms with E-state index in [9.17, 15) is 8.42 Å². The zero-order valence-electron chi connectivity index (χ0n) is 11.2. The molecule has 1 saturated carbocycles. The Kier molecular flexibility index (Phi) is 6.24. The second-order valence-corrected chi connectivity index (χ2v) is 8.07. The Morgan fingerprint density at radius 2 is 1.76 bits per heavy atom. The van der Waals surface area contributed by atoms with E-state index in [1.807, 2.05) is 0 Å². The Hall–Kier alpha value is 0.250. The second-order valence-electron chi connectivity index (χ2n) is 5.20. The molecule has 0 aromatic heterocycles. The standard InChI is InChI=1S/C12H15Cl3N2O2S.ClH/c1-12(6-16,7-2-3-7)17-20(18,19)11-9(14)4-8(13)5-10(11)15;/h4-5,7,17H,2-3,6,16H2,1H3;1H. The number of rotatable bonds is 5. The number of nitrogens with two attached hydrogens (primary N) is 1. The Bertz CT molecular complexity index is 611. The molecule has 0 aliphatic heterocycles. The van der Waals surface area contributed by atoms with Crippen molar-refractivity contribution < 1.29 is 8.42 Å². The SMILES string of the molecule is CC(CN)(NS(=O)(=O)c1c(Cl)cc(Cl)cc1Cl)C1CC1.Cl. The van der Waals surface area contributed by atoms with Crippen LogP contribution in [0.4, 0.5) is 0 Å². The van der Waals surface area contributed by atoms with Gasteiger partial charge in [0.25, 0.3) is 0 Å². The van der Waals surface area contributed by atoms with E-state index in [4.69, 9.17) is 40.5 Å². The average molecular weight is 394 g/mol. The van der Waals surface area contributed by atoms with Crippen molar-refractivity contribution in [3.05, 3.63) is 27.2 Å². The Balaban J connectivity index is 0.00000220. The van der Waals surface area contributed by atoms with Gasteiger partial charge < -0.3 is 5.73 Å². The maximum atomic E-state index is 12.5. The summed E-state index contributed by atoms with van der Waals surface area (Å²) in [6, 6.07) is 2.70. The van der Waals surface area contributed by atoms with Gasteiger partial charge in [-0.1, -0.05) is 34.8 Å². The predicted octanol–water partition coefficient (Wildman–Crippen LogP) is 3.47. The summed E-state index contributed by atoms with van der Waals surface area (Å²) < 4.78 is 27.7. The molecule has 1 unspecified atom stereocenters. The summed E-state index contributed by atoms with van der Waals surface area (Å²) >= 11 is 17.7. The summed E-state index contributed by atoms with van der Waals surface area (Å²) in [6.07, 6.45) is 1.91. The summed E-state index contributed by atoms with van der Waals surface area (Å²) in [5, 5.41) is 0.262. The van der Waals surface area contributed by atoms with Gasteiger partial charge in [-0.05, 0) is 37.8 Å². The normalized spacial score (nSPS) is 18.0. The third-order valence-corrected chi connectivity index (χ3v) is 6.25. The van der Waals surface area contributed by atoms with Crippen molar-refractivity contribution in [2.45, 2.75) is 30.2 Å². The van der Waals surface area contributed by atoms with Gasteiger partial charge in [0.05, 0.1) is 10.0 Å². The minimum atomic E-state index is -3.87. The first kappa shape index (κ1) is 19.3. The minimum absolute atomic E-state index is 0. The Morgan fingerprint density at radius 3 is 2.14 bits per heavy atom. The Labute approximate surface area is 145 Å². The molecule has 1 fully saturated rings. The highest BCUT2D eigenvalue weighted by molar-refractivity contribution is 7.89. The van der Waals surface area contributed by atoms with Crippen LogP contribution in [0, 0.1) is 5.92 Å². The van der Waals surface area contributed by atoms with Gasteiger partial charge in [0.2, 0.25) is 10.0 Å². The molecule has 9 heteroatoms. The van der Waals surface area contributed by atoms with E-state index in [0.717, 1.165) is 12.8 Å². The molecule has 1 aliphatic rings. The summed E-state index contributed by atoms with van der Waals surface area (Å²) in [7, 11) is -3.87. The molecule has 1 atom stereocenters. The molecule has 0 spiro atoms. The van der Waals surface area contributed by atoms with Crippen LogP contribution in [-0.2, 0) is 10.0 Å². The zero-order chi connectivity index (χ0) is 15.1. The van der Waals surface area contributed by atoms with Crippen LogP contribution in [0.3, 0.4) is 0 Å². The van der Waals surface area contributed by atoms with Gasteiger partial charge in [0.15, 0.2) is 0 Å². The van der Waals surface area contributed by atoms with E-state index >= 15 is 0 Å². The van der Waals surface area contributed by atoms with Gasteiger partial charge in [-0.25, -0.2) is 13.1 Å². The lowest BCUT2D eigenvalue weighted by molar-refractivity contribution is 0.374. The van der Waals surface area contributed by atoms with E-state index in [0.29, 0.717) is 0 Å². The number of nitrogens with one attached hydrogen (secondary N) is 1. The summed E-state index contributed by atoms with van der Waals surface area (Å²) in [5.74, 6) is 0.243. The first-order valence-electron chi connectivity index (χ1n) is 6.08. The molecule has 2 rings (SSSR count). The van der Waals surface area contributed by atoms with Gasteiger partial charge in [-0.15, -0.1) is 12.4 Å². The second kappa shape index (κ2) is 6.79. The van der Waals surface area contributed by atoms with Crippen LogP contribution >= 0.6 is 47.2 Å². The molecule has 21 heavy (non-hydrogen) atoms. The fraction of sp³-hybridized carbons (Fsp3) is 0.500. The van der Waals surface area contributed by atoms with Gasteiger partial charge >= 0.3 is 0 Å². The van der Waals surface area contributed by atoms with Crippen LogP contribution < -0.4 is 10.5 Å². The molecular weight excluding hydrogens is 378 g/mol. The fourth-order valence-electron chi connectivity index (χ4n) is 2.16. The first-order chi connectivity index (χ1) is 9.19. The fourth-order valence-corrected chi connectivity index (χ4v) is 5.18. The molecule has 4 nitrogen and oxygen atoms in total. The Morgan fingerprint density at radius 1 is 1.29 bits per heavy atom. The highest BCUT2D eigenvalue weighted by Crippen LogP contribution is 2.41. The van der Waals surface area contributed by atoms with Crippen LogP contribution in [0.5, 0.6) is 0 Å². The van der Waals surface area contributed by atoms with Crippen molar-refractivity contribution >= 4 is 57.2 Å². The quantitative estimate of drug-likeness (QED) is 0.804. The first-order valence-corrected chi connectivity index (χ1v) is 8.70. The van der Waals surface area contributed by atoms with Crippen LogP contribution in [0.15, 0.2) is 17.0 Å². The summed E-state index contributed by atoms with van der Waals surface area (Å²) in [5.41, 5.74) is 5.03. The lowest BCUT2D eigenvalue weighted by Gasteiger charge is -2.29. The molecule has 0 amide bonds. The van der Waals surface area contributed by atoms with E-state index < -0.39 is 15.6 Å². The van der Waals surface area contributed by atoms with Crippen molar-refractivity contribution in [1.82, 2.24) is 4.72 Å². The highest BCUT2D eigenvalue weighted by Gasteiger charge is 2.44. The van der Waals surface area contributed by atoms with Gasteiger partial charge in [-0.2, -0.15) is 0 Å². The van der Waals surface area contributed by atoms with E-state index in [2.05, 4.69) is 4.72 Å². The van der Waals surface area contributed by atoms with Gasteiger partial charge in [0.1, 0.15) is 4.90 Å². The maximum absolute atomic E-state index is 12.5. The lowest BCUT2D eigenvalue weighted by atomic mass is 9.98. The highest BCUT2D eigenvalue weighted by atomic mass is 35.5. The van der Waals surface area contributed by atoms with Gasteiger partial charge in [0, 0.05) is 17.1 Å². The molecule has 0 bridgehead atoms. The van der Waals surface area contributed by atoms with Crippen molar-refractivity contribution in [3.63, 3.8) is 0 Å². The van der Waals surface area contributed by atoms with E-state index in [-0.39, 0.29) is 44.8 Å². The molecule has 0 heterocycles. The number of halogens is 4. The van der Waals surface area contributed by atoms with Crippen molar-refractivity contribution in [3.8, 4) is 0 Å². The lowest BCUT2D eigenvalue weighted by Crippen LogP contribution is -2.53. The topological polar surface area (TPSA) is 72.2 Å². The van der Waals surface area contributed by atoms with Crippen molar-refractivity contribution in [1.29, 1.82) is 0 Å². The number of hydrogen-bond donors (Lipinski definition) is 2. The molecule has 0 radical (unpaired) electrons. The predicted molar refractivity (Wildman–Crippen MR) is 89.2 cm³/mol. The third kappa shape index (κ3) is 4.16. The van der Waals surface area contributed by atoms with Crippen molar-refractivity contribution in [2.75, 3.05) is 6.54 Å². The maximum Gasteiger partial charge on any atom is 0.244 e. The average Bonchev–Trinajstić information content (AvgIpc) is 3.09. The molecule has 1 aliphatic carbocycles. The zero-order valence-corrected chi connectivity index (χ0v) is 15.1. The largest absolute Gasteiger partial charge is 0.329 e. The molecule has 1 aromatic rings. The molecular formula is C12H16Cl4N2O2S. The summed E-state index contributed by atoms with van der Waals surface area (Å²) in [6.45, 7) is 2.00. The monoisotopic (exact) mass is 392 g/mol. The number of hydrogen-bond acceptors (Lipinski definition) is 3. The molecule has 0 saturated heterocycles. The smallest absolute Gasteiger partial charge is 0.244 e. The van der Waals surface area contributed by atoms with Crippen LogP contribution in [-0.4, -0.2) is 20.5 Å². The third-order valence-electron chi connectivity index (χ3n) is 3.50. The molecule has 3 N–H and O–H groups in total.